The Hall–Kier alpha value is -0.790. The van der Waals surface area contributed by atoms with E-state index in [1.807, 2.05) is 0 Å². The van der Waals surface area contributed by atoms with Gasteiger partial charge >= 0.3 is 0 Å². The van der Waals surface area contributed by atoms with Crippen molar-refractivity contribution in [3.05, 3.63) is 28.5 Å². The van der Waals surface area contributed by atoms with Crippen molar-refractivity contribution in [2.24, 2.45) is 0 Å². The van der Waals surface area contributed by atoms with Crippen molar-refractivity contribution in [3.63, 3.8) is 0 Å². The second kappa shape index (κ2) is 4.38. The fourth-order valence-corrected chi connectivity index (χ4v) is 1.28. The van der Waals surface area contributed by atoms with Crippen molar-refractivity contribution in [2.75, 3.05) is 6.26 Å². The third-order valence-corrected chi connectivity index (χ3v) is 2.26. The summed E-state index contributed by atoms with van der Waals surface area (Å²) in [4.78, 5) is 3.02. The molecule has 0 N–H and O–H groups in total. The second-order valence-electron chi connectivity index (χ2n) is 2.68. The van der Waals surface area contributed by atoms with Gasteiger partial charge in [0, 0.05) is 5.56 Å². The van der Waals surface area contributed by atoms with Crippen molar-refractivity contribution in [1.29, 1.82) is 0 Å². The maximum atomic E-state index is 12.7. The number of rotatable bonds is 3. The van der Waals surface area contributed by atoms with E-state index in [9.17, 15) is 17.2 Å². The van der Waals surface area contributed by atoms with Crippen LogP contribution in [-0.4, -0.2) is 19.7 Å². The van der Waals surface area contributed by atoms with Crippen molar-refractivity contribution < 1.29 is 21.4 Å². The zero-order chi connectivity index (χ0) is 11.6. The maximum absolute atomic E-state index is 12.7. The fraction of sp³-hybridized carbons (Fsp3) is 0.286. The molecule has 0 radical (unpaired) electrons. The van der Waals surface area contributed by atoms with Crippen molar-refractivity contribution >= 4 is 21.7 Å². The van der Waals surface area contributed by atoms with E-state index in [-0.39, 0.29) is 10.7 Å². The van der Waals surface area contributed by atoms with Crippen LogP contribution in [0.25, 0.3) is 0 Å². The molecule has 0 spiro atoms. The highest BCUT2D eigenvalue weighted by atomic mass is 35.5. The predicted molar refractivity (Wildman–Crippen MR) is 48.8 cm³/mol. The molecular formula is C7H6ClF2NO3S. The lowest BCUT2D eigenvalue weighted by Gasteiger charge is -2.03. The number of nitrogens with zero attached hydrogens (tertiary/aromatic N) is 1. The summed E-state index contributed by atoms with van der Waals surface area (Å²) in [6, 6.07) is 0.732. The van der Waals surface area contributed by atoms with E-state index in [0.717, 1.165) is 12.3 Å². The second-order valence-corrected chi connectivity index (χ2v) is 4.68. The Labute approximate surface area is 90.0 Å². The standard InChI is InChI=1S/C7H6ClF2NO3S/c1-15(12,13)14-3-4-2-5(9)7(10)11-6(4)8/h2H,3H2,1H3. The van der Waals surface area contributed by atoms with Crippen molar-refractivity contribution in [3.8, 4) is 0 Å². The van der Waals surface area contributed by atoms with E-state index in [0.29, 0.717) is 0 Å². The first kappa shape index (κ1) is 12.3. The molecule has 8 heteroatoms. The first-order valence-corrected chi connectivity index (χ1v) is 5.84. The van der Waals surface area contributed by atoms with Crippen LogP contribution in [0.1, 0.15) is 5.56 Å². The third kappa shape index (κ3) is 3.69. The van der Waals surface area contributed by atoms with Crippen molar-refractivity contribution in [2.45, 2.75) is 6.61 Å². The van der Waals surface area contributed by atoms with Crippen LogP contribution in [0.5, 0.6) is 0 Å². The van der Waals surface area contributed by atoms with Crippen LogP contribution < -0.4 is 0 Å². The van der Waals surface area contributed by atoms with Gasteiger partial charge in [-0.1, -0.05) is 11.6 Å². The zero-order valence-electron chi connectivity index (χ0n) is 7.50. The molecule has 0 unspecified atom stereocenters. The summed E-state index contributed by atoms with van der Waals surface area (Å²) < 4.78 is 50.8. The molecule has 1 heterocycles. The normalized spacial score (nSPS) is 11.7. The Bertz CT molecular complexity index is 477. The quantitative estimate of drug-likeness (QED) is 0.608. The molecule has 0 aliphatic rings. The number of halogens is 3. The van der Waals surface area contributed by atoms with Gasteiger partial charge in [-0.15, -0.1) is 0 Å². The van der Waals surface area contributed by atoms with Crippen LogP contribution in [0.15, 0.2) is 6.07 Å². The van der Waals surface area contributed by atoms with Gasteiger partial charge in [0.15, 0.2) is 5.82 Å². The first-order chi connectivity index (χ1) is 6.79. The molecule has 0 saturated carbocycles. The lowest BCUT2D eigenvalue weighted by atomic mass is 10.3. The fourth-order valence-electron chi connectivity index (χ4n) is 0.755. The lowest BCUT2D eigenvalue weighted by Crippen LogP contribution is -2.05. The molecule has 0 aliphatic heterocycles. The molecule has 1 rings (SSSR count). The lowest BCUT2D eigenvalue weighted by molar-refractivity contribution is 0.309. The van der Waals surface area contributed by atoms with Crippen LogP contribution in [0.2, 0.25) is 5.15 Å². The molecule has 15 heavy (non-hydrogen) atoms. The molecule has 0 fully saturated rings. The molecule has 84 valence electrons. The molecule has 1 aromatic heterocycles. The van der Waals surface area contributed by atoms with Crippen LogP contribution in [0.3, 0.4) is 0 Å². The van der Waals surface area contributed by atoms with E-state index < -0.39 is 28.5 Å². The van der Waals surface area contributed by atoms with E-state index in [1.165, 1.54) is 0 Å². The van der Waals surface area contributed by atoms with Crippen LogP contribution in [0, 0.1) is 11.8 Å². The molecular weight excluding hydrogens is 252 g/mol. The van der Waals surface area contributed by atoms with Gasteiger partial charge in [-0.25, -0.2) is 9.37 Å². The summed E-state index contributed by atoms with van der Waals surface area (Å²) in [5.74, 6) is -2.56. The van der Waals surface area contributed by atoms with E-state index in [1.54, 1.807) is 0 Å². The van der Waals surface area contributed by atoms with Gasteiger partial charge in [-0.3, -0.25) is 4.18 Å². The molecule has 4 nitrogen and oxygen atoms in total. The maximum Gasteiger partial charge on any atom is 0.264 e. The molecule has 0 saturated heterocycles. The highest BCUT2D eigenvalue weighted by molar-refractivity contribution is 7.85. The largest absolute Gasteiger partial charge is 0.265 e. The number of aromatic nitrogens is 1. The minimum atomic E-state index is -3.66. The van der Waals surface area contributed by atoms with Gasteiger partial charge < -0.3 is 0 Å². The summed E-state index contributed by atoms with van der Waals surface area (Å²) in [5, 5.41) is -0.336. The van der Waals surface area contributed by atoms with Crippen molar-refractivity contribution in [1.82, 2.24) is 4.98 Å². The first-order valence-electron chi connectivity index (χ1n) is 3.64. The number of hydrogen-bond acceptors (Lipinski definition) is 4. The van der Waals surface area contributed by atoms with Gasteiger partial charge in [0.2, 0.25) is 5.95 Å². The highest BCUT2D eigenvalue weighted by Crippen LogP contribution is 2.17. The molecule has 0 aromatic carbocycles. The van der Waals surface area contributed by atoms with Gasteiger partial charge in [0.05, 0.1) is 12.9 Å². The Balaban J connectivity index is 2.91. The smallest absolute Gasteiger partial charge is 0.264 e. The average Bonchev–Trinajstić information content (AvgIpc) is 2.07. The monoisotopic (exact) mass is 257 g/mol. The van der Waals surface area contributed by atoms with Gasteiger partial charge in [-0.2, -0.15) is 12.8 Å². The summed E-state index contributed by atoms with van der Waals surface area (Å²) in [7, 11) is -3.66. The van der Waals surface area contributed by atoms with Crippen LogP contribution in [0.4, 0.5) is 8.78 Å². The number of pyridine rings is 1. The summed E-state index contributed by atoms with van der Waals surface area (Å²) in [6.45, 7) is -0.484. The van der Waals surface area contributed by atoms with E-state index in [2.05, 4.69) is 9.17 Å². The SMILES string of the molecule is CS(=O)(=O)OCc1cc(F)c(F)nc1Cl. The van der Waals surface area contributed by atoms with Gasteiger partial charge in [0.1, 0.15) is 5.15 Å². The average molecular weight is 258 g/mol. The highest BCUT2D eigenvalue weighted by Gasteiger charge is 2.12. The molecule has 0 amide bonds. The Kier molecular flexibility index (Phi) is 3.58. The number of hydrogen-bond donors (Lipinski definition) is 0. The van der Waals surface area contributed by atoms with Crippen LogP contribution >= 0.6 is 11.6 Å². The zero-order valence-corrected chi connectivity index (χ0v) is 9.07. The summed E-state index contributed by atoms with van der Waals surface area (Å²) in [6.07, 6.45) is 0.828. The molecule has 1 aromatic rings. The third-order valence-electron chi connectivity index (χ3n) is 1.39. The Morgan fingerprint density at radius 2 is 2.13 bits per heavy atom. The molecule has 0 aliphatic carbocycles. The topological polar surface area (TPSA) is 56.3 Å². The van der Waals surface area contributed by atoms with Gasteiger partial charge in [-0.05, 0) is 6.07 Å². The van der Waals surface area contributed by atoms with Gasteiger partial charge in [0.25, 0.3) is 10.1 Å². The summed E-state index contributed by atoms with van der Waals surface area (Å²) >= 11 is 5.44. The molecule has 0 bridgehead atoms. The Morgan fingerprint density at radius 1 is 1.53 bits per heavy atom. The summed E-state index contributed by atoms with van der Waals surface area (Å²) in [5.41, 5.74) is -0.0407. The van der Waals surface area contributed by atoms with E-state index in [4.69, 9.17) is 11.6 Å². The Morgan fingerprint density at radius 3 is 2.67 bits per heavy atom. The minimum Gasteiger partial charge on any atom is -0.265 e. The minimum absolute atomic E-state index is 0.0407. The van der Waals surface area contributed by atoms with Crippen LogP contribution in [-0.2, 0) is 20.9 Å². The predicted octanol–water partition coefficient (Wildman–Crippen LogP) is 1.49. The van der Waals surface area contributed by atoms with E-state index >= 15 is 0 Å². The molecule has 0 atom stereocenters.